The average molecular weight is 266 g/mol. The van der Waals surface area contributed by atoms with Crippen LogP contribution >= 0.6 is 11.6 Å². The third-order valence-corrected chi connectivity index (χ3v) is 2.74. The molecule has 0 aliphatic carbocycles. The van der Waals surface area contributed by atoms with E-state index in [1.807, 2.05) is 19.1 Å². The summed E-state index contributed by atoms with van der Waals surface area (Å²) in [6.07, 6.45) is 3.47. The minimum atomic E-state index is 0.0421. The van der Waals surface area contributed by atoms with Crippen molar-refractivity contribution in [3.8, 4) is 0 Å². The van der Waals surface area contributed by atoms with Gasteiger partial charge in [-0.2, -0.15) is 0 Å². The number of aryl methyl sites for hydroxylation is 1. The number of furan rings is 1. The van der Waals surface area contributed by atoms with Crippen molar-refractivity contribution in [1.29, 1.82) is 0 Å². The highest BCUT2D eigenvalue weighted by atomic mass is 35.5. The van der Waals surface area contributed by atoms with E-state index in [-0.39, 0.29) is 6.04 Å². The summed E-state index contributed by atoms with van der Waals surface area (Å²) in [5.41, 5.74) is 0. The standard InChI is InChI=1S/C13H16ClN3O/c1-3-5-12-16-11(14)8-13(17-12)15-9(2)10-6-4-7-18-10/h4,6-9H,3,5H2,1-2H3,(H,15,16,17). The minimum absolute atomic E-state index is 0.0421. The molecule has 96 valence electrons. The Kier molecular flexibility index (Phi) is 4.20. The van der Waals surface area contributed by atoms with Gasteiger partial charge in [0.1, 0.15) is 22.6 Å². The smallest absolute Gasteiger partial charge is 0.134 e. The van der Waals surface area contributed by atoms with E-state index in [9.17, 15) is 0 Å². The van der Waals surface area contributed by atoms with E-state index >= 15 is 0 Å². The van der Waals surface area contributed by atoms with Crippen molar-refractivity contribution in [1.82, 2.24) is 9.97 Å². The maximum atomic E-state index is 5.98. The number of nitrogens with zero attached hydrogens (tertiary/aromatic N) is 2. The van der Waals surface area contributed by atoms with Gasteiger partial charge in [-0.05, 0) is 25.5 Å². The molecule has 1 atom stereocenters. The Labute approximate surface area is 111 Å². The lowest BCUT2D eigenvalue weighted by molar-refractivity contribution is 0.490. The summed E-state index contributed by atoms with van der Waals surface area (Å²) in [7, 11) is 0. The minimum Gasteiger partial charge on any atom is -0.467 e. The van der Waals surface area contributed by atoms with E-state index in [0.29, 0.717) is 5.15 Å². The zero-order chi connectivity index (χ0) is 13.0. The van der Waals surface area contributed by atoms with Gasteiger partial charge in [-0.25, -0.2) is 9.97 Å². The lowest BCUT2D eigenvalue weighted by Crippen LogP contribution is -2.09. The summed E-state index contributed by atoms with van der Waals surface area (Å²) < 4.78 is 5.34. The predicted octanol–water partition coefficient (Wildman–Crippen LogP) is 3.85. The summed E-state index contributed by atoms with van der Waals surface area (Å²) in [6.45, 7) is 4.09. The first-order valence-electron chi connectivity index (χ1n) is 6.02. The molecule has 2 rings (SSSR count). The van der Waals surface area contributed by atoms with Crippen LogP contribution in [0, 0.1) is 0 Å². The normalized spacial score (nSPS) is 12.4. The lowest BCUT2D eigenvalue weighted by Gasteiger charge is -2.12. The number of hydrogen-bond donors (Lipinski definition) is 1. The van der Waals surface area contributed by atoms with E-state index in [1.54, 1.807) is 12.3 Å². The van der Waals surface area contributed by atoms with Gasteiger partial charge < -0.3 is 9.73 Å². The van der Waals surface area contributed by atoms with Gasteiger partial charge in [0.25, 0.3) is 0 Å². The van der Waals surface area contributed by atoms with Crippen LogP contribution in [-0.4, -0.2) is 9.97 Å². The molecule has 2 heterocycles. The Hall–Kier alpha value is -1.55. The molecule has 1 unspecified atom stereocenters. The molecule has 18 heavy (non-hydrogen) atoms. The van der Waals surface area contributed by atoms with Crippen LogP contribution in [0.4, 0.5) is 5.82 Å². The molecule has 0 aromatic carbocycles. The van der Waals surface area contributed by atoms with Crippen molar-refractivity contribution >= 4 is 17.4 Å². The number of anilines is 1. The number of hydrogen-bond acceptors (Lipinski definition) is 4. The molecule has 4 nitrogen and oxygen atoms in total. The SMILES string of the molecule is CCCc1nc(Cl)cc(NC(C)c2ccco2)n1. The van der Waals surface area contributed by atoms with Crippen LogP contribution in [-0.2, 0) is 6.42 Å². The maximum absolute atomic E-state index is 5.98. The first-order chi connectivity index (χ1) is 8.69. The third-order valence-electron chi connectivity index (χ3n) is 2.55. The van der Waals surface area contributed by atoms with E-state index in [4.69, 9.17) is 16.0 Å². The Bertz CT molecular complexity index is 499. The van der Waals surface area contributed by atoms with E-state index in [1.165, 1.54) is 0 Å². The second kappa shape index (κ2) is 5.87. The molecule has 5 heteroatoms. The fraction of sp³-hybridized carbons (Fsp3) is 0.385. The van der Waals surface area contributed by atoms with Crippen molar-refractivity contribution in [3.63, 3.8) is 0 Å². The van der Waals surface area contributed by atoms with Gasteiger partial charge in [-0.3, -0.25) is 0 Å². The van der Waals surface area contributed by atoms with E-state index < -0.39 is 0 Å². The van der Waals surface area contributed by atoms with Gasteiger partial charge in [-0.1, -0.05) is 18.5 Å². The second-order valence-corrected chi connectivity index (χ2v) is 4.51. The highest BCUT2D eigenvalue weighted by molar-refractivity contribution is 6.29. The van der Waals surface area contributed by atoms with Crippen LogP contribution in [0.15, 0.2) is 28.9 Å². The summed E-state index contributed by atoms with van der Waals surface area (Å²) in [5, 5.41) is 3.72. The fourth-order valence-corrected chi connectivity index (χ4v) is 1.91. The van der Waals surface area contributed by atoms with Crippen LogP contribution in [0.2, 0.25) is 5.15 Å². The molecule has 0 aliphatic rings. The number of rotatable bonds is 5. The fourth-order valence-electron chi connectivity index (χ4n) is 1.70. The first-order valence-corrected chi connectivity index (χ1v) is 6.40. The molecule has 0 fully saturated rings. The van der Waals surface area contributed by atoms with Crippen LogP contribution in [0.25, 0.3) is 0 Å². The zero-order valence-electron chi connectivity index (χ0n) is 10.5. The van der Waals surface area contributed by atoms with Crippen LogP contribution in [0.5, 0.6) is 0 Å². The van der Waals surface area contributed by atoms with Gasteiger partial charge in [0.05, 0.1) is 12.3 Å². The van der Waals surface area contributed by atoms with Crippen molar-refractivity contribution < 1.29 is 4.42 Å². The number of halogens is 1. The quantitative estimate of drug-likeness (QED) is 0.835. The van der Waals surface area contributed by atoms with Crippen molar-refractivity contribution in [3.05, 3.63) is 41.2 Å². The summed E-state index contributed by atoms with van der Waals surface area (Å²) >= 11 is 5.98. The lowest BCUT2D eigenvalue weighted by atomic mass is 10.2. The molecule has 2 aromatic heterocycles. The van der Waals surface area contributed by atoms with E-state index in [0.717, 1.165) is 30.2 Å². The monoisotopic (exact) mass is 265 g/mol. The summed E-state index contributed by atoms with van der Waals surface area (Å²) in [4.78, 5) is 8.61. The summed E-state index contributed by atoms with van der Waals surface area (Å²) in [6, 6.07) is 5.55. The molecular formula is C13H16ClN3O. The van der Waals surface area contributed by atoms with Gasteiger partial charge in [0.15, 0.2) is 0 Å². The zero-order valence-corrected chi connectivity index (χ0v) is 11.2. The molecule has 0 saturated heterocycles. The Balaban J connectivity index is 2.13. The highest BCUT2D eigenvalue weighted by Crippen LogP contribution is 2.20. The van der Waals surface area contributed by atoms with Crippen molar-refractivity contribution in [2.75, 3.05) is 5.32 Å². The molecule has 0 saturated carbocycles. The number of aromatic nitrogens is 2. The molecule has 0 aliphatic heterocycles. The van der Waals surface area contributed by atoms with Crippen LogP contribution < -0.4 is 5.32 Å². The first kappa shape index (κ1) is 12.9. The summed E-state index contributed by atoms with van der Waals surface area (Å²) in [5.74, 6) is 2.35. The largest absolute Gasteiger partial charge is 0.467 e. The molecule has 0 spiro atoms. The van der Waals surface area contributed by atoms with Crippen molar-refractivity contribution in [2.45, 2.75) is 32.7 Å². The van der Waals surface area contributed by atoms with Gasteiger partial charge in [-0.15, -0.1) is 0 Å². The van der Waals surface area contributed by atoms with Gasteiger partial charge in [0, 0.05) is 12.5 Å². The predicted molar refractivity (Wildman–Crippen MR) is 71.8 cm³/mol. The topological polar surface area (TPSA) is 51.0 Å². The average Bonchev–Trinajstić information content (AvgIpc) is 2.81. The van der Waals surface area contributed by atoms with E-state index in [2.05, 4.69) is 22.2 Å². The molecule has 1 N–H and O–H groups in total. The second-order valence-electron chi connectivity index (χ2n) is 4.12. The molecule has 0 amide bonds. The van der Waals surface area contributed by atoms with Crippen LogP contribution in [0.1, 0.15) is 37.9 Å². The molecular weight excluding hydrogens is 250 g/mol. The van der Waals surface area contributed by atoms with Gasteiger partial charge >= 0.3 is 0 Å². The highest BCUT2D eigenvalue weighted by Gasteiger charge is 2.10. The maximum Gasteiger partial charge on any atom is 0.134 e. The Morgan fingerprint density at radius 3 is 2.94 bits per heavy atom. The molecule has 0 bridgehead atoms. The Morgan fingerprint density at radius 1 is 1.44 bits per heavy atom. The molecule has 2 aromatic rings. The van der Waals surface area contributed by atoms with Crippen molar-refractivity contribution in [2.24, 2.45) is 0 Å². The van der Waals surface area contributed by atoms with Gasteiger partial charge in [0.2, 0.25) is 0 Å². The third kappa shape index (κ3) is 3.23. The number of nitrogens with one attached hydrogen (secondary N) is 1. The molecule has 0 radical (unpaired) electrons. The van der Waals surface area contributed by atoms with Crippen LogP contribution in [0.3, 0.4) is 0 Å². The Morgan fingerprint density at radius 2 is 2.28 bits per heavy atom.